The number of nitrogens with one attached hydrogen (secondary N) is 1. The van der Waals surface area contributed by atoms with Crippen molar-refractivity contribution in [1.29, 1.82) is 5.41 Å². The molecule has 0 amide bonds. The van der Waals surface area contributed by atoms with Crippen LogP contribution in [0.2, 0.25) is 0 Å². The Bertz CT molecular complexity index is 677. The minimum Gasteiger partial charge on any atom is -0.298 e. The van der Waals surface area contributed by atoms with E-state index in [1.807, 2.05) is 18.2 Å². The van der Waals surface area contributed by atoms with Gasteiger partial charge in [0.25, 0.3) is 0 Å². The largest absolute Gasteiger partial charge is 0.298 e. The van der Waals surface area contributed by atoms with Crippen LogP contribution in [0.4, 0.5) is 0 Å². The first-order valence-electron chi connectivity index (χ1n) is 7.76. The van der Waals surface area contributed by atoms with Gasteiger partial charge in [0.15, 0.2) is 0 Å². The number of hydrogen-bond donors (Lipinski definition) is 1. The van der Waals surface area contributed by atoms with Crippen LogP contribution in [0.1, 0.15) is 63.9 Å². The molecule has 1 N–H and O–H groups in total. The number of pyridine rings is 1. The van der Waals surface area contributed by atoms with Gasteiger partial charge < -0.3 is 0 Å². The molecule has 0 bridgehead atoms. The first-order valence-corrected chi connectivity index (χ1v) is 7.76. The van der Waals surface area contributed by atoms with E-state index in [9.17, 15) is 0 Å². The SMILES string of the molecule is CC(C)(C)c1ccc(C(C)(C)C)c(C(=N)c2ccccn2)c1.[Ni]. The van der Waals surface area contributed by atoms with E-state index in [1.165, 1.54) is 11.1 Å². The molecule has 1 aromatic carbocycles. The second-order valence-electron chi connectivity index (χ2n) is 7.85. The molecule has 23 heavy (non-hydrogen) atoms. The summed E-state index contributed by atoms with van der Waals surface area (Å²) in [5.74, 6) is 0. The van der Waals surface area contributed by atoms with Crippen molar-refractivity contribution in [3.8, 4) is 0 Å². The summed E-state index contributed by atoms with van der Waals surface area (Å²) in [5, 5.41) is 8.63. The minimum atomic E-state index is -0.00712. The zero-order valence-electron chi connectivity index (χ0n) is 14.8. The van der Waals surface area contributed by atoms with Gasteiger partial charge in [-0.15, -0.1) is 0 Å². The van der Waals surface area contributed by atoms with Crippen LogP contribution in [0.25, 0.3) is 0 Å². The molecule has 1 aromatic heterocycles. The van der Waals surface area contributed by atoms with Crippen LogP contribution in [0.15, 0.2) is 42.6 Å². The summed E-state index contributed by atoms with van der Waals surface area (Å²) < 4.78 is 0. The quantitative estimate of drug-likeness (QED) is 0.593. The van der Waals surface area contributed by atoms with Gasteiger partial charge in [-0.25, -0.2) is 0 Å². The fourth-order valence-electron chi connectivity index (χ4n) is 2.52. The summed E-state index contributed by atoms with van der Waals surface area (Å²) in [6, 6.07) is 12.2. The third-order valence-corrected chi connectivity index (χ3v) is 3.88. The van der Waals surface area contributed by atoms with Gasteiger partial charge in [-0.2, -0.15) is 0 Å². The van der Waals surface area contributed by atoms with Crippen LogP contribution in [0.3, 0.4) is 0 Å². The summed E-state index contributed by atoms with van der Waals surface area (Å²) in [5.41, 5.74) is 4.70. The average Bonchev–Trinajstić information content (AvgIpc) is 2.45. The second kappa shape index (κ2) is 6.97. The van der Waals surface area contributed by atoms with Crippen molar-refractivity contribution in [2.45, 2.75) is 52.4 Å². The number of hydrogen-bond acceptors (Lipinski definition) is 2. The van der Waals surface area contributed by atoms with E-state index in [0.29, 0.717) is 5.71 Å². The minimum absolute atomic E-state index is 0. The monoisotopic (exact) mass is 352 g/mol. The van der Waals surface area contributed by atoms with Crippen molar-refractivity contribution < 1.29 is 16.5 Å². The molecule has 2 aromatic rings. The zero-order valence-corrected chi connectivity index (χ0v) is 15.8. The van der Waals surface area contributed by atoms with Crippen molar-refractivity contribution >= 4 is 5.71 Å². The number of aromatic nitrogens is 1. The summed E-state index contributed by atoms with van der Waals surface area (Å²) in [7, 11) is 0. The molecule has 3 heteroatoms. The molecule has 0 atom stereocenters. The molecule has 0 saturated carbocycles. The number of rotatable bonds is 2. The van der Waals surface area contributed by atoms with Gasteiger partial charge in [-0.05, 0) is 40.2 Å². The molecule has 2 rings (SSSR count). The van der Waals surface area contributed by atoms with Crippen LogP contribution >= 0.6 is 0 Å². The fourth-order valence-corrected chi connectivity index (χ4v) is 2.52. The van der Waals surface area contributed by atoms with E-state index < -0.39 is 0 Å². The molecule has 2 nitrogen and oxygen atoms in total. The summed E-state index contributed by atoms with van der Waals surface area (Å²) in [4.78, 5) is 4.35. The van der Waals surface area contributed by atoms with Crippen LogP contribution in [0.5, 0.6) is 0 Å². The maximum Gasteiger partial charge on any atom is 0.0885 e. The van der Waals surface area contributed by atoms with Crippen molar-refractivity contribution in [3.05, 3.63) is 65.0 Å². The van der Waals surface area contributed by atoms with Crippen LogP contribution < -0.4 is 0 Å². The van der Waals surface area contributed by atoms with Crippen molar-refractivity contribution in [1.82, 2.24) is 4.98 Å². The Labute approximate surface area is 150 Å². The predicted octanol–water partition coefficient (Wildman–Crippen LogP) is 5.09. The molecular weight excluding hydrogens is 327 g/mol. The van der Waals surface area contributed by atoms with Gasteiger partial charge in [0, 0.05) is 28.3 Å². The molecule has 0 spiro atoms. The Morgan fingerprint density at radius 2 is 1.57 bits per heavy atom. The molecule has 0 fully saturated rings. The molecule has 0 aliphatic rings. The summed E-state index contributed by atoms with van der Waals surface area (Å²) in [6.07, 6.45) is 1.74. The van der Waals surface area contributed by atoms with Gasteiger partial charge >= 0.3 is 0 Å². The van der Waals surface area contributed by atoms with Crippen molar-refractivity contribution in [3.63, 3.8) is 0 Å². The third-order valence-electron chi connectivity index (χ3n) is 3.88. The summed E-state index contributed by atoms with van der Waals surface area (Å²) >= 11 is 0. The molecule has 126 valence electrons. The normalized spacial score (nSPS) is 11.7. The molecule has 0 radical (unpaired) electrons. The summed E-state index contributed by atoms with van der Waals surface area (Å²) in [6.45, 7) is 13.2. The van der Waals surface area contributed by atoms with E-state index in [-0.39, 0.29) is 27.3 Å². The van der Waals surface area contributed by atoms with Crippen LogP contribution in [0, 0.1) is 5.41 Å². The molecule has 0 saturated heterocycles. The fraction of sp³-hybridized carbons (Fsp3) is 0.400. The molecule has 1 heterocycles. The first kappa shape index (κ1) is 19.6. The Balaban J connectivity index is 0.00000264. The maximum atomic E-state index is 8.63. The van der Waals surface area contributed by atoms with Gasteiger partial charge in [0.1, 0.15) is 0 Å². The smallest absolute Gasteiger partial charge is 0.0885 e. The third kappa shape index (κ3) is 4.51. The van der Waals surface area contributed by atoms with Crippen LogP contribution in [-0.4, -0.2) is 10.7 Å². The van der Waals surface area contributed by atoms with Gasteiger partial charge in [-0.1, -0.05) is 59.7 Å². The second-order valence-corrected chi connectivity index (χ2v) is 7.85. The maximum absolute atomic E-state index is 8.63. The van der Waals surface area contributed by atoms with Crippen LogP contribution in [-0.2, 0) is 27.3 Å². The molecule has 0 unspecified atom stereocenters. The zero-order chi connectivity index (χ0) is 16.5. The van der Waals surface area contributed by atoms with E-state index >= 15 is 0 Å². The number of benzene rings is 1. The Morgan fingerprint density at radius 3 is 2.04 bits per heavy atom. The standard InChI is InChI=1S/C20H26N2.Ni/c1-19(2,3)14-10-11-16(20(4,5)6)15(13-14)18(21)17-9-7-8-12-22-17;/h7-13,21H,1-6H3;. The molecular formula is C20H26N2Ni. The molecule has 0 aliphatic heterocycles. The Hall–Kier alpha value is -1.47. The van der Waals surface area contributed by atoms with Gasteiger partial charge in [-0.3, -0.25) is 10.4 Å². The van der Waals surface area contributed by atoms with E-state index in [2.05, 4.69) is 64.7 Å². The predicted molar refractivity (Wildman–Crippen MR) is 94.0 cm³/mol. The Kier molecular flexibility index (Phi) is 5.93. The Morgan fingerprint density at radius 1 is 0.913 bits per heavy atom. The molecule has 0 aliphatic carbocycles. The first-order chi connectivity index (χ1) is 10.1. The van der Waals surface area contributed by atoms with Crippen molar-refractivity contribution in [2.24, 2.45) is 0 Å². The van der Waals surface area contributed by atoms with E-state index in [4.69, 9.17) is 5.41 Å². The van der Waals surface area contributed by atoms with Gasteiger partial charge in [0.2, 0.25) is 0 Å². The topological polar surface area (TPSA) is 36.7 Å². The average molecular weight is 353 g/mol. The van der Waals surface area contributed by atoms with E-state index in [1.54, 1.807) is 6.20 Å². The van der Waals surface area contributed by atoms with E-state index in [0.717, 1.165) is 11.3 Å². The van der Waals surface area contributed by atoms with Gasteiger partial charge in [0.05, 0.1) is 11.4 Å². The van der Waals surface area contributed by atoms with Crippen molar-refractivity contribution in [2.75, 3.05) is 0 Å². The number of nitrogens with zero attached hydrogens (tertiary/aromatic N) is 1.